The number of benzene rings is 1. The molecular weight excluding hydrogens is 428 g/mol. The number of esters is 1. The van der Waals surface area contributed by atoms with E-state index in [-0.39, 0.29) is 0 Å². The molecule has 1 aliphatic rings. The lowest BCUT2D eigenvalue weighted by Gasteiger charge is -2.09. The second kappa shape index (κ2) is 7.50. The lowest BCUT2D eigenvalue weighted by Crippen LogP contribution is -2.14. The maximum absolute atomic E-state index is 14.0. The molecule has 2 atom stereocenters. The van der Waals surface area contributed by atoms with Crippen molar-refractivity contribution in [1.82, 2.24) is 0 Å². The summed E-state index contributed by atoms with van der Waals surface area (Å²) in [6, 6.07) is 0. The molecule has 150 valence electrons. The summed E-state index contributed by atoms with van der Waals surface area (Å²) >= 11 is 10.5. The van der Waals surface area contributed by atoms with Crippen LogP contribution in [-0.4, -0.2) is 10.8 Å². The minimum Gasteiger partial charge on any atom is -0.460 e. The zero-order chi connectivity index (χ0) is 20.8. The third-order valence-electron chi connectivity index (χ3n) is 4.43. The summed E-state index contributed by atoms with van der Waals surface area (Å²) in [5.74, 6) is -17.7. The molecule has 0 spiro atoms. The van der Waals surface area contributed by atoms with Crippen molar-refractivity contribution in [3.8, 4) is 0 Å². The van der Waals surface area contributed by atoms with Gasteiger partial charge in [0.2, 0.25) is 5.82 Å². The minimum atomic E-state index is -2.36. The summed E-state index contributed by atoms with van der Waals surface area (Å²) in [6.07, 6.45) is 0. The Hall–Kier alpha value is -1.48. The topological polar surface area (TPSA) is 26.3 Å². The maximum atomic E-state index is 14.0. The van der Waals surface area contributed by atoms with Gasteiger partial charge in [0.05, 0.1) is 11.5 Å². The molecule has 1 aromatic carbocycles. The fourth-order valence-electron chi connectivity index (χ4n) is 2.81. The molecule has 0 saturated heterocycles. The van der Waals surface area contributed by atoms with Gasteiger partial charge in [0.15, 0.2) is 33.9 Å². The molecule has 0 aromatic heterocycles. The van der Waals surface area contributed by atoms with Gasteiger partial charge in [-0.1, -0.05) is 37.0 Å². The van der Waals surface area contributed by atoms with Crippen molar-refractivity contribution in [1.29, 1.82) is 0 Å². The summed E-state index contributed by atoms with van der Waals surface area (Å²) in [5.41, 5.74) is -2.50. The van der Waals surface area contributed by atoms with E-state index in [4.69, 9.17) is 23.2 Å². The van der Waals surface area contributed by atoms with Crippen molar-refractivity contribution >= 4 is 29.2 Å². The van der Waals surface area contributed by atoms with Crippen LogP contribution in [-0.2, 0) is 16.1 Å². The SMILES string of the molecule is CC1(C)C(C(=O)OCc2c(F)c(F)c(F)c(F)c2F)C1/C(F)=C(\F)C(Cl)Cl. The first-order valence-corrected chi connectivity index (χ1v) is 8.21. The van der Waals surface area contributed by atoms with E-state index in [1.54, 1.807) is 0 Å². The van der Waals surface area contributed by atoms with Gasteiger partial charge in [0.25, 0.3) is 0 Å². The molecule has 1 aliphatic carbocycles. The molecule has 0 bridgehead atoms. The van der Waals surface area contributed by atoms with Gasteiger partial charge in [-0.15, -0.1) is 0 Å². The van der Waals surface area contributed by atoms with E-state index >= 15 is 0 Å². The highest BCUT2D eigenvalue weighted by atomic mass is 35.5. The van der Waals surface area contributed by atoms with E-state index in [0.717, 1.165) is 0 Å². The third kappa shape index (κ3) is 3.76. The van der Waals surface area contributed by atoms with Crippen molar-refractivity contribution in [3.63, 3.8) is 0 Å². The molecule has 0 N–H and O–H groups in total. The van der Waals surface area contributed by atoms with Crippen molar-refractivity contribution in [2.45, 2.75) is 25.3 Å². The van der Waals surface area contributed by atoms with Gasteiger partial charge < -0.3 is 4.74 Å². The van der Waals surface area contributed by atoms with Crippen molar-refractivity contribution in [3.05, 3.63) is 46.3 Å². The van der Waals surface area contributed by atoms with Gasteiger partial charge in [-0.25, -0.2) is 30.7 Å². The number of carbonyl (C=O) groups excluding carboxylic acids is 1. The van der Waals surface area contributed by atoms with E-state index in [1.807, 2.05) is 0 Å². The van der Waals surface area contributed by atoms with Crippen LogP contribution in [0.25, 0.3) is 0 Å². The number of halogens is 9. The van der Waals surface area contributed by atoms with Crippen LogP contribution in [0.2, 0.25) is 0 Å². The Morgan fingerprint density at radius 3 is 1.85 bits per heavy atom. The molecule has 1 aromatic rings. The quantitative estimate of drug-likeness (QED) is 0.195. The number of ether oxygens (including phenoxy) is 1. The van der Waals surface area contributed by atoms with Crippen molar-refractivity contribution in [2.24, 2.45) is 17.3 Å². The molecule has 1 saturated carbocycles. The van der Waals surface area contributed by atoms with Gasteiger partial charge in [0.1, 0.15) is 12.4 Å². The summed E-state index contributed by atoms with van der Waals surface area (Å²) in [5, 5.41) is 0. The first kappa shape index (κ1) is 21.8. The molecule has 0 heterocycles. The maximum Gasteiger partial charge on any atom is 0.310 e. The Morgan fingerprint density at radius 2 is 1.41 bits per heavy atom. The van der Waals surface area contributed by atoms with Crippen molar-refractivity contribution in [2.75, 3.05) is 0 Å². The molecule has 2 nitrogen and oxygen atoms in total. The highest BCUT2D eigenvalue weighted by Gasteiger charge is 2.65. The third-order valence-corrected chi connectivity index (χ3v) is 4.82. The number of alkyl halides is 2. The number of allylic oxidation sites excluding steroid dienone is 2. The van der Waals surface area contributed by atoms with Gasteiger partial charge >= 0.3 is 5.97 Å². The van der Waals surface area contributed by atoms with Crippen LogP contribution in [0, 0.1) is 46.3 Å². The van der Waals surface area contributed by atoms with Crippen LogP contribution in [0.4, 0.5) is 30.7 Å². The average molecular weight is 439 g/mol. The number of hydrogen-bond donors (Lipinski definition) is 0. The smallest absolute Gasteiger partial charge is 0.310 e. The first-order chi connectivity index (χ1) is 12.3. The fourth-order valence-corrected chi connectivity index (χ4v) is 3.02. The normalized spacial score (nSPS) is 21.9. The Kier molecular flexibility index (Phi) is 6.06. The molecule has 0 aliphatic heterocycles. The molecular formula is C16H11Cl2F7O2. The van der Waals surface area contributed by atoms with Gasteiger partial charge in [0, 0.05) is 5.92 Å². The van der Waals surface area contributed by atoms with Gasteiger partial charge in [-0.3, -0.25) is 4.79 Å². The lowest BCUT2D eigenvalue weighted by atomic mass is 10.1. The van der Waals surface area contributed by atoms with Crippen LogP contribution >= 0.6 is 23.2 Å². The first-order valence-electron chi connectivity index (χ1n) is 7.34. The molecule has 2 unspecified atom stereocenters. The van der Waals surface area contributed by atoms with E-state index < -0.39 is 81.0 Å². The molecule has 11 heteroatoms. The second-order valence-electron chi connectivity index (χ2n) is 6.43. The molecule has 2 rings (SSSR count). The van der Waals surface area contributed by atoms with Gasteiger partial charge in [-0.05, 0) is 5.41 Å². The molecule has 27 heavy (non-hydrogen) atoms. The standard InChI is InChI=1S/C16H11Cl2F7O2/c1-16(2)5(9(21)13(25)14(17)18)6(16)15(26)27-3-4-7(19)10(22)12(24)11(23)8(4)20/h5-6,14H,3H2,1-2H3/b13-9+. The summed E-state index contributed by atoms with van der Waals surface area (Å²) in [7, 11) is 0. The Bertz CT molecular complexity index is 794. The fraction of sp³-hybridized carbons (Fsp3) is 0.438. The largest absolute Gasteiger partial charge is 0.460 e. The number of rotatable bonds is 5. The van der Waals surface area contributed by atoms with E-state index in [2.05, 4.69) is 4.74 Å². The van der Waals surface area contributed by atoms with Crippen LogP contribution in [0.1, 0.15) is 19.4 Å². The summed E-state index contributed by atoms with van der Waals surface area (Å²) in [6.45, 7) is 1.48. The van der Waals surface area contributed by atoms with E-state index in [0.29, 0.717) is 0 Å². The average Bonchev–Trinajstić information content (AvgIpc) is 3.18. The second-order valence-corrected chi connectivity index (χ2v) is 7.53. The Labute approximate surface area is 158 Å². The minimum absolute atomic E-state index is 1.14. The van der Waals surface area contributed by atoms with Crippen LogP contribution < -0.4 is 0 Å². The van der Waals surface area contributed by atoms with E-state index in [9.17, 15) is 35.5 Å². The van der Waals surface area contributed by atoms with Crippen LogP contribution in [0.3, 0.4) is 0 Å². The number of hydrogen-bond acceptors (Lipinski definition) is 2. The summed E-state index contributed by atoms with van der Waals surface area (Å²) in [4.78, 5) is 10.3. The highest BCUT2D eigenvalue weighted by molar-refractivity contribution is 6.46. The lowest BCUT2D eigenvalue weighted by molar-refractivity contribution is -0.147. The number of carbonyl (C=O) groups is 1. The predicted molar refractivity (Wildman–Crippen MR) is 81.5 cm³/mol. The Balaban J connectivity index is 2.20. The zero-order valence-corrected chi connectivity index (χ0v) is 15.2. The monoisotopic (exact) mass is 438 g/mol. The highest BCUT2D eigenvalue weighted by Crippen LogP contribution is 2.63. The summed E-state index contributed by atoms with van der Waals surface area (Å²) < 4.78 is 98.5. The predicted octanol–water partition coefficient (Wildman–Crippen LogP) is 5.65. The van der Waals surface area contributed by atoms with Gasteiger partial charge in [-0.2, -0.15) is 0 Å². The molecule has 1 fully saturated rings. The van der Waals surface area contributed by atoms with Crippen LogP contribution in [0.5, 0.6) is 0 Å². The molecule has 0 radical (unpaired) electrons. The molecule has 0 amide bonds. The van der Waals surface area contributed by atoms with Crippen LogP contribution in [0.15, 0.2) is 11.7 Å². The van der Waals surface area contributed by atoms with Crippen molar-refractivity contribution < 1.29 is 40.3 Å². The Morgan fingerprint density at radius 1 is 0.963 bits per heavy atom. The van der Waals surface area contributed by atoms with E-state index in [1.165, 1.54) is 13.8 Å². The zero-order valence-electron chi connectivity index (χ0n) is 13.7.